The Morgan fingerprint density at radius 2 is 1.49 bits per heavy atom. The summed E-state index contributed by atoms with van der Waals surface area (Å²) in [5.41, 5.74) is 3.46. The number of hydrogen-bond donors (Lipinski definition) is 1. The molecule has 0 aromatic heterocycles. The molecule has 0 unspecified atom stereocenters. The molecule has 1 aromatic carbocycles. The standard InChI is InChI=1S/C32H56O2Se/c1-9-10-22-35-31-27(7)30-28(26(6)29(31)33)19-21-32(8,34-30)20-13-18-25(5)17-12-16-24(4)15-11-14-23(2)3/h23-25,33H,9-22H2,1-8H3/t24-,25-,32-/m1/s1. The van der Waals surface area contributed by atoms with Crippen LogP contribution < -0.4 is 9.20 Å². The molecule has 1 aliphatic heterocycles. The summed E-state index contributed by atoms with van der Waals surface area (Å²) in [7, 11) is 0. The van der Waals surface area contributed by atoms with Crippen LogP contribution in [0, 0.1) is 31.6 Å². The molecule has 0 aliphatic carbocycles. The van der Waals surface area contributed by atoms with Gasteiger partial charge in [-0.05, 0) is 11.8 Å². The van der Waals surface area contributed by atoms with Crippen LogP contribution in [0.15, 0.2) is 0 Å². The van der Waals surface area contributed by atoms with Crippen LogP contribution in [-0.4, -0.2) is 25.7 Å². The second kappa shape index (κ2) is 14.9. The number of benzene rings is 1. The molecule has 0 saturated carbocycles. The predicted octanol–water partition coefficient (Wildman–Crippen LogP) is 9.08. The third kappa shape index (κ3) is 9.62. The van der Waals surface area contributed by atoms with E-state index >= 15 is 0 Å². The molecule has 2 nitrogen and oxygen atoms in total. The summed E-state index contributed by atoms with van der Waals surface area (Å²) in [5, 5.41) is 12.1. The van der Waals surface area contributed by atoms with E-state index in [1.807, 2.05) is 0 Å². The third-order valence-corrected chi connectivity index (χ3v) is 10.9. The molecule has 0 bridgehead atoms. The van der Waals surface area contributed by atoms with E-state index < -0.39 is 0 Å². The molecule has 1 aliphatic rings. The van der Waals surface area contributed by atoms with Gasteiger partial charge >= 0.3 is 173 Å². The van der Waals surface area contributed by atoms with E-state index in [9.17, 15) is 5.11 Å². The van der Waals surface area contributed by atoms with Gasteiger partial charge in [0.2, 0.25) is 0 Å². The van der Waals surface area contributed by atoms with E-state index in [-0.39, 0.29) is 5.60 Å². The molecule has 1 N–H and O–H groups in total. The second-order valence-electron chi connectivity index (χ2n) is 12.3. The number of hydrogen-bond acceptors (Lipinski definition) is 2. The molecule has 0 spiro atoms. The van der Waals surface area contributed by atoms with Gasteiger partial charge in [-0.3, -0.25) is 0 Å². The average Bonchev–Trinajstić information content (AvgIpc) is 2.79. The topological polar surface area (TPSA) is 29.5 Å². The third-order valence-electron chi connectivity index (χ3n) is 8.25. The summed E-state index contributed by atoms with van der Waals surface area (Å²) in [6.45, 7) is 18.4. The number of ether oxygens (including phenoxy) is 1. The predicted molar refractivity (Wildman–Crippen MR) is 155 cm³/mol. The van der Waals surface area contributed by atoms with Gasteiger partial charge < -0.3 is 0 Å². The van der Waals surface area contributed by atoms with Crippen LogP contribution in [0.1, 0.15) is 135 Å². The van der Waals surface area contributed by atoms with Crippen molar-refractivity contribution in [3.63, 3.8) is 0 Å². The first-order valence-corrected chi connectivity index (χ1v) is 16.8. The monoisotopic (exact) mass is 552 g/mol. The first-order valence-electron chi connectivity index (χ1n) is 14.7. The van der Waals surface area contributed by atoms with Crippen molar-refractivity contribution in [2.24, 2.45) is 17.8 Å². The van der Waals surface area contributed by atoms with Crippen LogP contribution in [0.2, 0.25) is 5.32 Å². The van der Waals surface area contributed by atoms with Gasteiger partial charge in [0.05, 0.1) is 0 Å². The quantitative estimate of drug-likeness (QED) is 0.164. The number of unbranched alkanes of at least 4 members (excludes halogenated alkanes) is 1. The summed E-state index contributed by atoms with van der Waals surface area (Å²) < 4.78 is 7.96. The molecule has 1 heterocycles. The fourth-order valence-electron chi connectivity index (χ4n) is 5.59. The fourth-order valence-corrected chi connectivity index (χ4v) is 8.18. The van der Waals surface area contributed by atoms with Crippen molar-refractivity contribution < 1.29 is 9.84 Å². The molecule has 1 aromatic rings. The van der Waals surface area contributed by atoms with Crippen molar-refractivity contribution in [1.29, 1.82) is 0 Å². The molecular weight excluding hydrogens is 495 g/mol. The van der Waals surface area contributed by atoms with Crippen LogP contribution in [0.5, 0.6) is 11.5 Å². The molecule has 3 atom stereocenters. The minimum atomic E-state index is -0.0699. The molecule has 202 valence electrons. The van der Waals surface area contributed by atoms with Crippen LogP contribution in [-0.2, 0) is 6.42 Å². The van der Waals surface area contributed by atoms with Crippen molar-refractivity contribution in [1.82, 2.24) is 0 Å². The van der Waals surface area contributed by atoms with E-state index in [4.69, 9.17) is 4.74 Å². The molecule has 0 amide bonds. The van der Waals surface area contributed by atoms with Gasteiger partial charge in [0.15, 0.2) is 0 Å². The van der Waals surface area contributed by atoms with Gasteiger partial charge in [0.1, 0.15) is 0 Å². The van der Waals surface area contributed by atoms with Crippen LogP contribution in [0.25, 0.3) is 0 Å². The van der Waals surface area contributed by atoms with Crippen molar-refractivity contribution in [2.75, 3.05) is 0 Å². The summed E-state index contributed by atoms with van der Waals surface area (Å²) in [4.78, 5) is 0. The Balaban J connectivity index is 1.83. The number of fused-ring (bicyclic) bond motifs is 1. The Morgan fingerprint density at radius 1 is 0.886 bits per heavy atom. The second-order valence-corrected chi connectivity index (χ2v) is 14.7. The molecule has 35 heavy (non-hydrogen) atoms. The zero-order chi connectivity index (χ0) is 26.0. The summed E-state index contributed by atoms with van der Waals surface area (Å²) in [6.07, 6.45) is 16.6. The maximum atomic E-state index is 10.9. The molecule has 0 fully saturated rings. The maximum absolute atomic E-state index is 10.9. The summed E-state index contributed by atoms with van der Waals surface area (Å²) in [6, 6.07) is 0. The Bertz CT molecular complexity index is 772. The van der Waals surface area contributed by atoms with E-state index in [2.05, 4.69) is 55.4 Å². The SMILES string of the molecule is CCCC[Se]c1c(C)c2c(c(C)c1O)CC[C@@](C)(CCC[C@H](C)CCC[C@H](C)CCCC(C)C)O2. The Morgan fingerprint density at radius 3 is 2.09 bits per heavy atom. The molecule has 0 radical (unpaired) electrons. The number of rotatable bonds is 16. The van der Waals surface area contributed by atoms with Crippen LogP contribution in [0.3, 0.4) is 0 Å². The number of phenols is 1. The summed E-state index contributed by atoms with van der Waals surface area (Å²) in [5.74, 6) is 4.19. The van der Waals surface area contributed by atoms with Crippen molar-refractivity contribution in [3.8, 4) is 11.5 Å². The van der Waals surface area contributed by atoms with E-state index in [1.54, 1.807) is 0 Å². The Hall–Kier alpha value is -0.661. The fraction of sp³-hybridized carbons (Fsp3) is 0.812. The van der Waals surface area contributed by atoms with Gasteiger partial charge in [-0.2, -0.15) is 0 Å². The first-order chi connectivity index (χ1) is 16.6. The van der Waals surface area contributed by atoms with Crippen molar-refractivity contribution in [3.05, 3.63) is 16.7 Å². The summed E-state index contributed by atoms with van der Waals surface area (Å²) >= 11 is 0.322. The van der Waals surface area contributed by atoms with Crippen LogP contribution >= 0.6 is 0 Å². The van der Waals surface area contributed by atoms with Gasteiger partial charge in [0, 0.05) is 0 Å². The molecular formula is C32H56O2Se. The van der Waals surface area contributed by atoms with E-state index in [0.717, 1.165) is 48.3 Å². The number of aromatic hydroxyl groups is 1. The van der Waals surface area contributed by atoms with Crippen molar-refractivity contribution >= 4 is 19.4 Å². The van der Waals surface area contributed by atoms with Gasteiger partial charge in [0.25, 0.3) is 0 Å². The molecule has 3 heteroatoms. The zero-order valence-corrected chi connectivity index (χ0v) is 26.1. The van der Waals surface area contributed by atoms with Gasteiger partial charge in [-0.15, -0.1) is 0 Å². The number of phenolic OH excluding ortho intramolecular Hbond substituents is 1. The van der Waals surface area contributed by atoms with Gasteiger partial charge in [-0.1, -0.05) is 40.0 Å². The van der Waals surface area contributed by atoms with E-state index in [0.29, 0.717) is 20.7 Å². The van der Waals surface area contributed by atoms with Crippen LogP contribution in [0.4, 0.5) is 0 Å². The van der Waals surface area contributed by atoms with E-state index in [1.165, 1.54) is 85.1 Å². The first kappa shape index (κ1) is 30.6. The van der Waals surface area contributed by atoms with Gasteiger partial charge in [-0.25, -0.2) is 0 Å². The Labute approximate surface area is 224 Å². The molecule has 2 rings (SSSR count). The normalized spacial score (nSPS) is 19.5. The van der Waals surface area contributed by atoms with Crippen molar-refractivity contribution in [2.45, 2.75) is 150 Å². The average molecular weight is 552 g/mol. The zero-order valence-electron chi connectivity index (χ0n) is 24.4. The Kier molecular flexibility index (Phi) is 13.0. The molecule has 0 saturated heterocycles. The minimum absolute atomic E-state index is 0.0699.